The molecule has 0 N–H and O–H groups in total. The van der Waals surface area contributed by atoms with Crippen molar-refractivity contribution in [3.63, 3.8) is 0 Å². The molecule has 3 aliphatic heterocycles. The summed E-state index contributed by atoms with van der Waals surface area (Å²) in [6.45, 7) is 10.0. The summed E-state index contributed by atoms with van der Waals surface area (Å²) in [6.07, 6.45) is 2.18. The molecule has 0 aromatic carbocycles. The Morgan fingerprint density at radius 3 is 2.49 bits per heavy atom. The number of aryl methyl sites for hydroxylation is 1. The number of hydrogen-bond donors (Lipinski definition) is 0. The van der Waals surface area contributed by atoms with E-state index in [9.17, 15) is 22.9 Å². The summed E-state index contributed by atoms with van der Waals surface area (Å²) in [4.78, 5) is 28.3. The Morgan fingerprint density at radius 2 is 1.90 bits per heavy atom. The van der Waals surface area contributed by atoms with E-state index in [1.807, 2.05) is 31.7 Å². The third kappa shape index (κ3) is 4.02. The maximum atomic E-state index is 14.0. The first kappa shape index (κ1) is 27.2. The van der Waals surface area contributed by atoms with E-state index in [4.69, 9.17) is 0 Å². The van der Waals surface area contributed by atoms with Crippen molar-refractivity contribution < 1.29 is 17.6 Å². The van der Waals surface area contributed by atoms with Crippen LogP contribution in [0.15, 0.2) is 12.4 Å². The molecule has 2 aromatic rings. The smallest absolute Gasteiger partial charge is 0.247 e. The quantitative estimate of drug-likeness (QED) is 0.538. The van der Waals surface area contributed by atoms with Gasteiger partial charge in [0.05, 0.1) is 5.75 Å². The summed E-state index contributed by atoms with van der Waals surface area (Å²) in [5, 5.41) is 17.8. The van der Waals surface area contributed by atoms with Gasteiger partial charge in [0, 0.05) is 42.7 Å². The number of alkyl halides is 1. The molecule has 0 spiro atoms. The normalized spacial score (nSPS) is 27.1. The lowest BCUT2D eigenvalue weighted by Crippen LogP contribution is -2.68. The molecule has 3 aliphatic rings. The number of piperazine rings is 1. The number of hydrogen-bond acceptors (Lipinski definition) is 10. The van der Waals surface area contributed by atoms with Gasteiger partial charge in [-0.05, 0) is 38.3 Å². The molecule has 2 aromatic heterocycles. The van der Waals surface area contributed by atoms with Crippen LogP contribution in [0.2, 0.25) is 0 Å². The molecule has 1 unspecified atom stereocenters. The Bertz CT molecular complexity index is 1470. The average molecular weight is 557 g/mol. The van der Waals surface area contributed by atoms with E-state index >= 15 is 0 Å². The summed E-state index contributed by atoms with van der Waals surface area (Å²) in [7, 11) is -3.79. The summed E-state index contributed by atoms with van der Waals surface area (Å²) < 4.78 is 36.9. The van der Waals surface area contributed by atoms with Crippen molar-refractivity contribution in [3.8, 4) is 6.07 Å². The van der Waals surface area contributed by atoms with Crippen LogP contribution < -0.4 is 9.80 Å². The van der Waals surface area contributed by atoms with E-state index in [1.165, 1.54) is 11.2 Å². The maximum Gasteiger partial charge on any atom is 0.247 e. The zero-order valence-corrected chi connectivity index (χ0v) is 23.7. The molecule has 3 atom stereocenters. The number of sulfone groups is 1. The second-order valence-corrected chi connectivity index (χ2v) is 13.8. The minimum absolute atomic E-state index is 0.0212. The lowest BCUT2D eigenvalue weighted by atomic mass is 9.87. The number of fused-ring (bicyclic) bond motifs is 1. The summed E-state index contributed by atoms with van der Waals surface area (Å²) in [5.74, 6) is 1.27. The van der Waals surface area contributed by atoms with Crippen LogP contribution in [-0.4, -0.2) is 88.3 Å². The fourth-order valence-corrected chi connectivity index (χ4v) is 7.56. The Hall–Kier alpha value is -3.40. The lowest BCUT2D eigenvalue weighted by Gasteiger charge is -2.49. The molecule has 2 saturated heterocycles. The fraction of sp³-hybridized carbons (Fsp3) is 0.615. The van der Waals surface area contributed by atoms with Crippen LogP contribution in [0.5, 0.6) is 0 Å². The van der Waals surface area contributed by atoms with Crippen LogP contribution in [0.3, 0.4) is 0 Å². The number of rotatable bonds is 5. The molecule has 5 heterocycles. The minimum atomic E-state index is -3.79. The van der Waals surface area contributed by atoms with Gasteiger partial charge in [-0.1, -0.05) is 20.8 Å². The van der Waals surface area contributed by atoms with E-state index < -0.39 is 27.2 Å². The highest BCUT2D eigenvalue weighted by atomic mass is 32.2. The Labute approximate surface area is 228 Å². The SMILES string of the molecule is CCc1cc(N2CC(C)(C)c3c2ncnc3N2C[C@@H](C)N(C(=O)C3(CF)CCS3(=O)=O)C[C@@H]2C)nnc1C#N. The topological polar surface area (TPSA) is 136 Å². The number of aromatic nitrogens is 4. The van der Waals surface area contributed by atoms with Crippen molar-refractivity contribution in [3.05, 3.63) is 29.2 Å². The molecule has 13 heteroatoms. The van der Waals surface area contributed by atoms with Gasteiger partial charge in [-0.2, -0.15) is 5.26 Å². The predicted octanol–water partition coefficient (Wildman–Crippen LogP) is 2.08. The van der Waals surface area contributed by atoms with Gasteiger partial charge >= 0.3 is 0 Å². The number of carbonyl (C=O) groups excluding carboxylic acids is 1. The van der Waals surface area contributed by atoms with Gasteiger partial charge < -0.3 is 14.7 Å². The summed E-state index contributed by atoms with van der Waals surface area (Å²) in [6, 6.07) is 3.42. The Morgan fingerprint density at radius 1 is 1.18 bits per heavy atom. The van der Waals surface area contributed by atoms with Crippen LogP contribution in [-0.2, 0) is 26.5 Å². The first-order valence-corrected chi connectivity index (χ1v) is 14.8. The standard InChI is InChI=1S/C26H33FN8O3S/c1-6-18-9-20(32-31-19(18)10-28)35-14-25(4,5)21-22(29-15-30-23(21)35)33-11-17(3)34(12-16(33)2)24(36)26(13-27)7-8-39(26,37)38/h9,15-17H,6-8,11-14H2,1-5H3/t16-,17+,26?/m0/s1. The van der Waals surface area contributed by atoms with Gasteiger partial charge in [0.1, 0.15) is 30.7 Å². The zero-order valence-electron chi connectivity index (χ0n) is 22.8. The van der Waals surface area contributed by atoms with Gasteiger partial charge in [-0.3, -0.25) is 4.79 Å². The van der Waals surface area contributed by atoms with Crippen LogP contribution in [0.25, 0.3) is 0 Å². The Kier molecular flexibility index (Phi) is 6.52. The molecule has 39 heavy (non-hydrogen) atoms. The predicted molar refractivity (Wildman–Crippen MR) is 143 cm³/mol. The van der Waals surface area contributed by atoms with E-state index in [1.54, 1.807) is 0 Å². The number of amides is 1. The molecule has 5 rings (SSSR count). The highest BCUT2D eigenvalue weighted by molar-refractivity contribution is 7.95. The van der Waals surface area contributed by atoms with Crippen molar-refractivity contribution in [2.45, 2.75) is 69.7 Å². The molecule has 0 radical (unpaired) electrons. The van der Waals surface area contributed by atoms with E-state index in [-0.39, 0.29) is 36.2 Å². The van der Waals surface area contributed by atoms with E-state index in [0.29, 0.717) is 36.8 Å². The number of anilines is 3. The third-order valence-corrected chi connectivity index (χ3v) is 10.8. The van der Waals surface area contributed by atoms with Gasteiger partial charge in [-0.15, -0.1) is 10.2 Å². The second-order valence-electron chi connectivity index (χ2n) is 11.4. The molecule has 208 valence electrons. The van der Waals surface area contributed by atoms with Gasteiger partial charge in [-0.25, -0.2) is 22.8 Å². The second kappa shape index (κ2) is 9.36. The van der Waals surface area contributed by atoms with Crippen molar-refractivity contribution in [2.24, 2.45) is 0 Å². The first-order valence-electron chi connectivity index (χ1n) is 13.2. The lowest BCUT2D eigenvalue weighted by molar-refractivity contribution is -0.138. The van der Waals surface area contributed by atoms with Crippen molar-refractivity contribution in [1.82, 2.24) is 25.1 Å². The monoisotopic (exact) mass is 556 g/mol. The largest absolute Gasteiger partial charge is 0.350 e. The molecule has 11 nitrogen and oxygen atoms in total. The molecule has 0 aliphatic carbocycles. The number of carbonyl (C=O) groups is 1. The van der Waals surface area contributed by atoms with Crippen molar-refractivity contribution in [1.29, 1.82) is 5.26 Å². The highest BCUT2D eigenvalue weighted by Gasteiger charge is 2.60. The van der Waals surface area contributed by atoms with Gasteiger partial charge in [0.15, 0.2) is 26.1 Å². The third-order valence-electron chi connectivity index (χ3n) is 8.41. The van der Waals surface area contributed by atoms with Crippen molar-refractivity contribution in [2.75, 3.05) is 41.9 Å². The fourth-order valence-electron chi connectivity index (χ4n) is 5.98. The zero-order chi connectivity index (χ0) is 28.3. The molecule has 1 amide bonds. The highest BCUT2D eigenvalue weighted by Crippen LogP contribution is 2.47. The molecule has 2 fully saturated rings. The Balaban J connectivity index is 1.47. The maximum absolute atomic E-state index is 14.0. The first-order chi connectivity index (χ1) is 18.4. The molecule has 0 bridgehead atoms. The average Bonchev–Trinajstić information content (AvgIpc) is 3.20. The van der Waals surface area contributed by atoms with Crippen LogP contribution in [0.1, 0.15) is 57.9 Å². The van der Waals surface area contributed by atoms with Crippen molar-refractivity contribution >= 4 is 33.2 Å². The van der Waals surface area contributed by atoms with Gasteiger partial charge in [0.2, 0.25) is 5.91 Å². The van der Waals surface area contributed by atoms with Gasteiger partial charge in [0.25, 0.3) is 0 Å². The number of nitriles is 1. The van der Waals surface area contributed by atoms with E-state index in [2.05, 4.69) is 45.0 Å². The van der Waals surface area contributed by atoms with E-state index in [0.717, 1.165) is 16.9 Å². The van der Waals surface area contributed by atoms with Crippen LogP contribution in [0.4, 0.5) is 21.8 Å². The van der Waals surface area contributed by atoms with Crippen LogP contribution in [0, 0.1) is 11.3 Å². The molecular weight excluding hydrogens is 523 g/mol. The molecule has 0 saturated carbocycles. The number of nitrogens with zero attached hydrogens (tertiary/aromatic N) is 8. The summed E-state index contributed by atoms with van der Waals surface area (Å²) in [5.41, 5.74) is 1.70. The molecular formula is C26H33FN8O3S. The minimum Gasteiger partial charge on any atom is -0.350 e. The number of halogens is 1. The summed E-state index contributed by atoms with van der Waals surface area (Å²) >= 11 is 0. The van der Waals surface area contributed by atoms with Crippen LogP contribution >= 0.6 is 0 Å².